The molecule has 2 unspecified atom stereocenters. The number of aromatic nitrogens is 1. The van der Waals surface area contributed by atoms with Crippen molar-refractivity contribution in [2.75, 3.05) is 0 Å². The number of hydrogen-bond donors (Lipinski definition) is 5. The minimum absolute atomic E-state index is 1.77. The third-order valence-electron chi connectivity index (χ3n) is 1.30. The van der Waals surface area contributed by atoms with Crippen LogP contribution in [0.3, 0.4) is 0 Å². The molecule has 0 fully saturated rings. The molecule has 1 aromatic rings. The van der Waals surface area contributed by atoms with Crippen LogP contribution in [-0.4, -0.2) is 49.6 Å². The molecule has 0 aliphatic heterocycles. The predicted molar refractivity (Wildman–Crippen MR) is 48.1 cm³/mol. The van der Waals surface area contributed by atoms with Crippen LogP contribution < -0.4 is 0 Å². The van der Waals surface area contributed by atoms with Crippen molar-refractivity contribution < 1.29 is 30.0 Å². The largest absolute Gasteiger partial charge is 0.479 e. The lowest BCUT2D eigenvalue weighted by atomic mass is 10.2. The van der Waals surface area contributed by atoms with E-state index in [1.165, 1.54) is 0 Å². The number of rotatable bonds is 3. The molecule has 0 amide bonds. The summed E-state index contributed by atoms with van der Waals surface area (Å²) in [5.74, 6) is -3.54. The molecule has 0 spiro atoms. The smallest absolute Gasteiger partial charge is 0.335 e. The highest BCUT2D eigenvalue weighted by Crippen LogP contribution is 1.92. The van der Waals surface area contributed by atoms with Crippen molar-refractivity contribution in [3.05, 3.63) is 24.5 Å². The lowest BCUT2D eigenvalue weighted by Crippen LogP contribution is -2.39. The summed E-state index contributed by atoms with van der Waals surface area (Å²) >= 11 is 0. The third kappa shape index (κ3) is 5.45. The van der Waals surface area contributed by atoms with Crippen molar-refractivity contribution in [3.8, 4) is 0 Å². The third-order valence-corrected chi connectivity index (χ3v) is 1.30. The average Bonchev–Trinajstić information content (AvgIpc) is 2.73. The van der Waals surface area contributed by atoms with Crippen LogP contribution in [0.1, 0.15) is 0 Å². The van der Waals surface area contributed by atoms with Gasteiger partial charge in [-0.05, 0) is 12.1 Å². The van der Waals surface area contributed by atoms with Crippen molar-refractivity contribution in [2.24, 2.45) is 0 Å². The highest BCUT2D eigenvalue weighted by Gasteiger charge is 2.29. The Bertz CT molecular complexity index is 261. The van der Waals surface area contributed by atoms with E-state index in [0.29, 0.717) is 0 Å². The highest BCUT2D eigenvalue weighted by molar-refractivity contribution is 5.83. The fourth-order valence-electron chi connectivity index (χ4n) is 0.548. The molecule has 0 saturated heterocycles. The van der Waals surface area contributed by atoms with Gasteiger partial charge in [-0.15, -0.1) is 0 Å². The second-order valence-electron chi connectivity index (χ2n) is 2.45. The lowest BCUT2D eigenvalue weighted by Gasteiger charge is -2.07. The molecule has 1 aromatic heterocycles. The predicted octanol–water partition coefficient (Wildman–Crippen LogP) is -1.11. The molecule has 0 aromatic carbocycles. The Morgan fingerprint density at radius 3 is 1.40 bits per heavy atom. The number of carboxylic acid groups (broad SMARTS) is 2. The van der Waals surface area contributed by atoms with E-state index < -0.39 is 24.1 Å². The standard InChI is InChI=1S/C4H5N.C4H6O6/c1-2-4-5-3-1;5-1(3(7)8)2(6)4(9)10/h1-5H;1-2,5-6H,(H,7,8)(H,9,10). The molecule has 1 rings (SSSR count). The number of nitrogens with one attached hydrogen (secondary N) is 1. The summed E-state index contributed by atoms with van der Waals surface area (Å²) < 4.78 is 0. The summed E-state index contributed by atoms with van der Waals surface area (Å²) in [5, 5.41) is 32.5. The van der Waals surface area contributed by atoms with E-state index in [0.717, 1.165) is 0 Å². The average molecular weight is 217 g/mol. The van der Waals surface area contributed by atoms with Gasteiger partial charge in [-0.3, -0.25) is 0 Å². The van der Waals surface area contributed by atoms with Crippen molar-refractivity contribution >= 4 is 11.9 Å². The molecule has 0 bridgehead atoms. The maximum Gasteiger partial charge on any atom is 0.335 e. The van der Waals surface area contributed by atoms with Crippen LogP contribution in [0.15, 0.2) is 24.5 Å². The van der Waals surface area contributed by atoms with E-state index in [1.807, 2.05) is 24.5 Å². The van der Waals surface area contributed by atoms with Crippen LogP contribution in [0.2, 0.25) is 0 Å². The molecule has 0 aliphatic carbocycles. The van der Waals surface area contributed by atoms with Crippen LogP contribution in [0.5, 0.6) is 0 Å². The number of hydrogen-bond acceptors (Lipinski definition) is 4. The molecule has 84 valence electrons. The van der Waals surface area contributed by atoms with E-state index in [-0.39, 0.29) is 0 Å². The molecule has 0 radical (unpaired) electrons. The molecule has 5 N–H and O–H groups in total. The maximum atomic E-state index is 9.77. The zero-order chi connectivity index (χ0) is 11.8. The number of aliphatic hydroxyl groups is 2. The fourth-order valence-corrected chi connectivity index (χ4v) is 0.548. The Labute approximate surface area is 84.6 Å². The minimum atomic E-state index is -2.27. The van der Waals surface area contributed by atoms with Gasteiger partial charge in [-0.2, -0.15) is 0 Å². The highest BCUT2D eigenvalue weighted by atomic mass is 16.4. The summed E-state index contributed by atoms with van der Waals surface area (Å²) in [4.78, 5) is 22.4. The Balaban J connectivity index is 0.000000322. The van der Waals surface area contributed by atoms with Gasteiger partial charge < -0.3 is 25.4 Å². The maximum absolute atomic E-state index is 9.77. The van der Waals surface area contributed by atoms with Gasteiger partial charge >= 0.3 is 11.9 Å². The molecule has 7 heteroatoms. The summed E-state index contributed by atoms with van der Waals surface area (Å²) in [6.07, 6.45) is -0.782. The Kier molecular flexibility index (Phi) is 5.76. The van der Waals surface area contributed by atoms with Crippen LogP contribution in [-0.2, 0) is 9.59 Å². The normalized spacial score (nSPS) is 13.2. The number of carbonyl (C=O) groups is 2. The Morgan fingerprint density at radius 2 is 1.27 bits per heavy atom. The summed E-state index contributed by atoms with van der Waals surface area (Å²) in [7, 11) is 0. The number of aliphatic carboxylic acids is 2. The second-order valence-corrected chi connectivity index (χ2v) is 2.45. The van der Waals surface area contributed by atoms with Crippen LogP contribution >= 0.6 is 0 Å². The van der Waals surface area contributed by atoms with Gasteiger partial charge in [0.05, 0.1) is 0 Å². The van der Waals surface area contributed by atoms with Gasteiger partial charge in [0, 0.05) is 12.4 Å². The van der Waals surface area contributed by atoms with Crippen LogP contribution in [0.4, 0.5) is 0 Å². The first kappa shape index (κ1) is 13.1. The van der Waals surface area contributed by atoms with E-state index >= 15 is 0 Å². The Hall–Kier alpha value is -1.86. The number of H-pyrrole nitrogens is 1. The van der Waals surface area contributed by atoms with Crippen molar-refractivity contribution in [1.29, 1.82) is 0 Å². The molecule has 7 nitrogen and oxygen atoms in total. The zero-order valence-electron chi connectivity index (χ0n) is 7.57. The molecular weight excluding hydrogens is 206 g/mol. The quantitative estimate of drug-likeness (QED) is 0.436. The van der Waals surface area contributed by atoms with Gasteiger partial charge in [-0.25, -0.2) is 9.59 Å². The minimum Gasteiger partial charge on any atom is -0.479 e. The molecule has 15 heavy (non-hydrogen) atoms. The number of aliphatic hydroxyl groups excluding tert-OH is 2. The molecule has 0 saturated carbocycles. The molecule has 0 aliphatic rings. The van der Waals surface area contributed by atoms with E-state index in [9.17, 15) is 9.59 Å². The Morgan fingerprint density at radius 1 is 0.933 bits per heavy atom. The molecule has 1 heterocycles. The fraction of sp³-hybridized carbons (Fsp3) is 0.250. The van der Waals surface area contributed by atoms with Crippen molar-refractivity contribution in [2.45, 2.75) is 12.2 Å². The molecule has 2 atom stereocenters. The van der Waals surface area contributed by atoms with Gasteiger partial charge in [0.15, 0.2) is 12.2 Å². The van der Waals surface area contributed by atoms with E-state index in [4.69, 9.17) is 20.4 Å². The monoisotopic (exact) mass is 217 g/mol. The number of carboxylic acids is 2. The molecular formula is C8H11NO6. The van der Waals surface area contributed by atoms with Gasteiger partial charge in [-0.1, -0.05) is 0 Å². The van der Waals surface area contributed by atoms with E-state index in [2.05, 4.69) is 4.98 Å². The summed E-state index contributed by atoms with van der Waals surface area (Å²) in [6, 6.07) is 3.89. The first-order chi connectivity index (χ1) is 6.96. The lowest BCUT2D eigenvalue weighted by molar-refractivity contribution is -0.165. The van der Waals surface area contributed by atoms with Gasteiger partial charge in [0.2, 0.25) is 0 Å². The summed E-state index contributed by atoms with van der Waals surface area (Å²) in [6.45, 7) is 0. The number of aromatic amines is 1. The first-order valence-corrected chi connectivity index (χ1v) is 3.86. The SMILES string of the molecule is O=C(O)C(O)C(O)C(=O)O.c1cc[nH]c1. The second kappa shape index (κ2) is 6.57. The van der Waals surface area contributed by atoms with Crippen molar-refractivity contribution in [3.63, 3.8) is 0 Å². The van der Waals surface area contributed by atoms with Gasteiger partial charge in [0.1, 0.15) is 0 Å². The zero-order valence-corrected chi connectivity index (χ0v) is 7.57. The first-order valence-electron chi connectivity index (χ1n) is 3.86. The van der Waals surface area contributed by atoms with E-state index in [1.54, 1.807) is 0 Å². The van der Waals surface area contributed by atoms with Crippen LogP contribution in [0, 0.1) is 0 Å². The van der Waals surface area contributed by atoms with Gasteiger partial charge in [0.25, 0.3) is 0 Å². The topological polar surface area (TPSA) is 131 Å². The van der Waals surface area contributed by atoms with Crippen molar-refractivity contribution in [1.82, 2.24) is 4.98 Å². The van der Waals surface area contributed by atoms with Crippen LogP contribution in [0.25, 0.3) is 0 Å². The summed E-state index contributed by atoms with van der Waals surface area (Å²) in [5.41, 5.74) is 0.